The van der Waals surface area contributed by atoms with Gasteiger partial charge in [0.05, 0.1) is 0 Å². The molecule has 0 aromatic heterocycles. The van der Waals surface area contributed by atoms with Crippen LogP contribution in [0.2, 0.25) is 0 Å². The van der Waals surface area contributed by atoms with Gasteiger partial charge in [-0.2, -0.15) is 0 Å². The van der Waals surface area contributed by atoms with Crippen LogP contribution in [0.15, 0.2) is 18.2 Å². The van der Waals surface area contributed by atoms with Gasteiger partial charge >= 0.3 is 5.97 Å². The standard InChI is InChI=1S/C13H12FNO3/c14-9-2-1-3-10-8(9)4-7-15(10)11(16)13(5-6-13)12(17)18/h1-3H,4-7H2,(H,17,18). The molecule has 0 radical (unpaired) electrons. The molecule has 1 aliphatic carbocycles. The Labute approximate surface area is 103 Å². The molecule has 1 heterocycles. The summed E-state index contributed by atoms with van der Waals surface area (Å²) in [5.74, 6) is -1.81. The van der Waals surface area contributed by atoms with E-state index >= 15 is 0 Å². The maximum Gasteiger partial charge on any atom is 0.319 e. The minimum atomic E-state index is -1.26. The highest BCUT2D eigenvalue weighted by atomic mass is 19.1. The third-order valence-electron chi connectivity index (χ3n) is 3.78. The fourth-order valence-corrected chi connectivity index (χ4v) is 2.51. The first-order valence-corrected chi connectivity index (χ1v) is 5.89. The topological polar surface area (TPSA) is 57.6 Å². The number of carbonyl (C=O) groups is 2. The van der Waals surface area contributed by atoms with Crippen LogP contribution in [-0.2, 0) is 16.0 Å². The minimum absolute atomic E-state index is 0.331. The van der Waals surface area contributed by atoms with E-state index in [1.165, 1.54) is 11.0 Å². The second kappa shape index (κ2) is 3.54. The van der Waals surface area contributed by atoms with Crippen molar-refractivity contribution in [1.29, 1.82) is 0 Å². The van der Waals surface area contributed by atoms with Crippen molar-refractivity contribution in [2.45, 2.75) is 19.3 Å². The van der Waals surface area contributed by atoms with Gasteiger partial charge in [-0.05, 0) is 31.4 Å². The highest BCUT2D eigenvalue weighted by Gasteiger charge is 2.59. The number of nitrogens with zero attached hydrogens (tertiary/aromatic N) is 1. The molecule has 0 atom stereocenters. The van der Waals surface area contributed by atoms with E-state index in [0.29, 0.717) is 37.1 Å². The van der Waals surface area contributed by atoms with Gasteiger partial charge in [0.2, 0.25) is 5.91 Å². The number of halogens is 1. The van der Waals surface area contributed by atoms with Gasteiger partial charge in [0, 0.05) is 17.8 Å². The van der Waals surface area contributed by atoms with Gasteiger partial charge in [0.1, 0.15) is 11.2 Å². The van der Waals surface area contributed by atoms with Crippen LogP contribution in [-0.4, -0.2) is 23.5 Å². The zero-order valence-electron chi connectivity index (χ0n) is 9.65. The van der Waals surface area contributed by atoms with Crippen molar-refractivity contribution in [2.24, 2.45) is 5.41 Å². The van der Waals surface area contributed by atoms with Crippen molar-refractivity contribution in [3.05, 3.63) is 29.6 Å². The molecule has 1 saturated carbocycles. The number of rotatable bonds is 2. The first kappa shape index (κ1) is 11.2. The molecule has 1 aromatic carbocycles. The molecule has 0 spiro atoms. The van der Waals surface area contributed by atoms with Crippen molar-refractivity contribution < 1.29 is 19.1 Å². The number of hydrogen-bond donors (Lipinski definition) is 1. The van der Waals surface area contributed by atoms with E-state index in [4.69, 9.17) is 5.11 Å². The molecule has 1 fully saturated rings. The lowest BCUT2D eigenvalue weighted by Crippen LogP contribution is -2.40. The van der Waals surface area contributed by atoms with Crippen LogP contribution >= 0.6 is 0 Å². The highest BCUT2D eigenvalue weighted by Crippen LogP contribution is 2.49. The molecule has 5 heteroatoms. The van der Waals surface area contributed by atoms with Crippen molar-refractivity contribution in [2.75, 3.05) is 11.4 Å². The normalized spacial score (nSPS) is 19.5. The van der Waals surface area contributed by atoms with Gasteiger partial charge in [-0.25, -0.2) is 4.39 Å². The average Bonchev–Trinajstić information content (AvgIpc) is 3.04. The molecule has 3 rings (SSSR count). The third-order valence-corrected chi connectivity index (χ3v) is 3.78. The Morgan fingerprint density at radius 3 is 2.67 bits per heavy atom. The maximum absolute atomic E-state index is 13.5. The zero-order chi connectivity index (χ0) is 12.9. The largest absolute Gasteiger partial charge is 0.480 e. The molecule has 4 nitrogen and oxygen atoms in total. The number of carboxylic acid groups (broad SMARTS) is 1. The summed E-state index contributed by atoms with van der Waals surface area (Å²) in [6.07, 6.45) is 1.20. The minimum Gasteiger partial charge on any atom is -0.480 e. The number of benzene rings is 1. The Morgan fingerprint density at radius 1 is 1.33 bits per heavy atom. The van der Waals surface area contributed by atoms with E-state index in [9.17, 15) is 14.0 Å². The summed E-state index contributed by atoms with van der Waals surface area (Å²) in [4.78, 5) is 24.8. The van der Waals surface area contributed by atoms with Crippen molar-refractivity contribution in [3.8, 4) is 0 Å². The molecule has 18 heavy (non-hydrogen) atoms. The average molecular weight is 249 g/mol. The van der Waals surface area contributed by atoms with Crippen LogP contribution in [0.3, 0.4) is 0 Å². The molecular weight excluding hydrogens is 237 g/mol. The smallest absolute Gasteiger partial charge is 0.319 e. The monoisotopic (exact) mass is 249 g/mol. The van der Waals surface area contributed by atoms with Crippen LogP contribution in [0.5, 0.6) is 0 Å². The number of amides is 1. The molecule has 94 valence electrons. The molecule has 0 saturated heterocycles. The second-order valence-electron chi connectivity index (χ2n) is 4.83. The van der Waals surface area contributed by atoms with Crippen LogP contribution in [0.4, 0.5) is 10.1 Å². The lowest BCUT2D eigenvalue weighted by molar-refractivity contribution is -0.148. The fraction of sp³-hybridized carbons (Fsp3) is 0.385. The first-order valence-electron chi connectivity index (χ1n) is 5.89. The molecular formula is C13H12FNO3. The van der Waals surface area contributed by atoms with E-state index in [1.54, 1.807) is 12.1 Å². The van der Waals surface area contributed by atoms with Gasteiger partial charge in [-0.3, -0.25) is 9.59 Å². The quantitative estimate of drug-likeness (QED) is 0.809. The van der Waals surface area contributed by atoms with Crippen molar-refractivity contribution in [1.82, 2.24) is 0 Å². The summed E-state index contributed by atoms with van der Waals surface area (Å²) in [5, 5.41) is 9.12. The third kappa shape index (κ3) is 1.36. The van der Waals surface area contributed by atoms with E-state index in [1.807, 2.05) is 0 Å². The molecule has 1 aliphatic heterocycles. The van der Waals surface area contributed by atoms with Gasteiger partial charge < -0.3 is 10.0 Å². The molecule has 1 amide bonds. The summed E-state index contributed by atoms with van der Waals surface area (Å²) >= 11 is 0. The Kier molecular flexibility index (Phi) is 2.20. The summed E-state index contributed by atoms with van der Waals surface area (Å²) in [7, 11) is 0. The van der Waals surface area contributed by atoms with Crippen LogP contribution in [0.25, 0.3) is 0 Å². The van der Waals surface area contributed by atoms with E-state index in [0.717, 1.165) is 0 Å². The summed E-state index contributed by atoms with van der Waals surface area (Å²) in [5.41, 5.74) is -0.229. The molecule has 0 unspecified atom stereocenters. The maximum atomic E-state index is 13.5. The number of carboxylic acids is 1. The van der Waals surface area contributed by atoms with Crippen LogP contribution in [0, 0.1) is 11.2 Å². The lowest BCUT2D eigenvalue weighted by Gasteiger charge is -2.21. The Morgan fingerprint density at radius 2 is 2.06 bits per heavy atom. The summed E-state index contributed by atoms with van der Waals surface area (Å²) in [6.45, 7) is 0.365. The second-order valence-corrected chi connectivity index (χ2v) is 4.83. The van der Waals surface area contributed by atoms with Crippen LogP contribution < -0.4 is 4.90 Å². The SMILES string of the molecule is O=C(O)C1(C(=O)N2CCc3c(F)cccc32)CC1. The lowest BCUT2D eigenvalue weighted by atomic mass is 10.1. The summed E-state index contributed by atoms with van der Waals surface area (Å²) < 4.78 is 13.5. The highest BCUT2D eigenvalue weighted by molar-refractivity contribution is 6.12. The van der Waals surface area contributed by atoms with Gasteiger partial charge in [-0.1, -0.05) is 6.07 Å². The van der Waals surface area contributed by atoms with E-state index in [-0.39, 0.29) is 5.82 Å². The fourth-order valence-electron chi connectivity index (χ4n) is 2.51. The predicted molar refractivity (Wildman–Crippen MR) is 61.8 cm³/mol. The molecule has 2 aliphatic rings. The predicted octanol–water partition coefficient (Wildman–Crippen LogP) is 1.58. The number of carbonyl (C=O) groups excluding carboxylic acids is 1. The number of aliphatic carboxylic acids is 1. The molecule has 0 bridgehead atoms. The number of anilines is 1. The Balaban J connectivity index is 1.96. The van der Waals surface area contributed by atoms with E-state index < -0.39 is 17.3 Å². The van der Waals surface area contributed by atoms with Crippen molar-refractivity contribution in [3.63, 3.8) is 0 Å². The molecule has 1 N–H and O–H groups in total. The van der Waals surface area contributed by atoms with Crippen LogP contribution in [0.1, 0.15) is 18.4 Å². The number of hydrogen-bond acceptors (Lipinski definition) is 2. The number of fused-ring (bicyclic) bond motifs is 1. The van der Waals surface area contributed by atoms with E-state index in [2.05, 4.69) is 0 Å². The van der Waals surface area contributed by atoms with Crippen molar-refractivity contribution >= 4 is 17.6 Å². The first-order chi connectivity index (χ1) is 8.56. The van der Waals surface area contributed by atoms with Gasteiger partial charge in [0.25, 0.3) is 0 Å². The Bertz CT molecular complexity index is 551. The zero-order valence-corrected chi connectivity index (χ0v) is 9.65. The van der Waals surface area contributed by atoms with Gasteiger partial charge in [-0.15, -0.1) is 0 Å². The molecule has 1 aromatic rings. The van der Waals surface area contributed by atoms with Gasteiger partial charge in [0.15, 0.2) is 0 Å². The Hall–Kier alpha value is -1.91. The summed E-state index contributed by atoms with van der Waals surface area (Å²) in [6, 6.07) is 4.57.